The molecule has 0 spiro atoms. The summed E-state index contributed by atoms with van der Waals surface area (Å²) in [5.74, 6) is 2.73. The molecular weight excluding hydrogens is 290 g/mol. The average Bonchev–Trinajstić information content (AvgIpc) is 2.59. The quantitative estimate of drug-likeness (QED) is 0.852. The Morgan fingerprint density at radius 1 is 0.913 bits per heavy atom. The van der Waals surface area contributed by atoms with Crippen molar-refractivity contribution in [1.82, 2.24) is 0 Å². The molecule has 2 aromatic rings. The Balaban J connectivity index is 2.27. The van der Waals surface area contributed by atoms with Crippen LogP contribution >= 0.6 is 0 Å². The van der Waals surface area contributed by atoms with Gasteiger partial charge in [-0.2, -0.15) is 0 Å². The fourth-order valence-corrected chi connectivity index (χ4v) is 2.78. The van der Waals surface area contributed by atoms with Crippen LogP contribution in [-0.4, -0.2) is 27.9 Å². The summed E-state index contributed by atoms with van der Waals surface area (Å²) in [6.45, 7) is 2.62. The van der Waals surface area contributed by atoms with E-state index in [1.165, 1.54) is 5.56 Å². The first-order valence-electron chi connectivity index (χ1n) is 7.68. The maximum atomic E-state index is 6.02. The Kier molecular flexibility index (Phi) is 5.88. The van der Waals surface area contributed by atoms with Crippen molar-refractivity contribution in [3.63, 3.8) is 0 Å². The smallest absolute Gasteiger partial charge is 0.125 e. The molecule has 0 amide bonds. The molecule has 1 atom stereocenters. The van der Waals surface area contributed by atoms with Crippen LogP contribution in [0, 0.1) is 6.92 Å². The number of hydrogen-bond acceptors (Lipinski definition) is 4. The lowest BCUT2D eigenvalue weighted by molar-refractivity contribution is 0.390. The molecule has 124 valence electrons. The Labute approximate surface area is 138 Å². The standard InChI is InChI=1S/C19H25NO3/c1-13-9-14(6-8-18(13)22-3)16(12-20)10-15-5-7-17(21-2)11-19(15)23-4/h5-9,11,16H,10,12,20H2,1-4H3. The molecular formula is C19H25NO3. The van der Waals surface area contributed by atoms with Crippen molar-refractivity contribution in [2.45, 2.75) is 19.3 Å². The van der Waals surface area contributed by atoms with Gasteiger partial charge in [-0.05, 0) is 48.7 Å². The number of hydrogen-bond donors (Lipinski definition) is 1. The van der Waals surface area contributed by atoms with Gasteiger partial charge in [-0.3, -0.25) is 0 Å². The van der Waals surface area contributed by atoms with Gasteiger partial charge in [0.05, 0.1) is 21.3 Å². The summed E-state index contributed by atoms with van der Waals surface area (Å²) in [7, 11) is 5.01. The zero-order valence-electron chi connectivity index (χ0n) is 14.3. The highest BCUT2D eigenvalue weighted by atomic mass is 16.5. The molecule has 2 aromatic carbocycles. The van der Waals surface area contributed by atoms with Crippen molar-refractivity contribution < 1.29 is 14.2 Å². The van der Waals surface area contributed by atoms with Gasteiger partial charge in [-0.15, -0.1) is 0 Å². The van der Waals surface area contributed by atoms with Gasteiger partial charge in [0, 0.05) is 12.0 Å². The fourth-order valence-electron chi connectivity index (χ4n) is 2.78. The summed E-state index contributed by atoms with van der Waals surface area (Å²) in [5, 5.41) is 0. The molecule has 0 saturated carbocycles. The second-order valence-corrected chi connectivity index (χ2v) is 5.54. The maximum Gasteiger partial charge on any atom is 0.125 e. The lowest BCUT2D eigenvalue weighted by Gasteiger charge is -2.19. The van der Waals surface area contributed by atoms with E-state index in [0.29, 0.717) is 6.54 Å². The predicted molar refractivity (Wildman–Crippen MR) is 92.8 cm³/mol. The van der Waals surface area contributed by atoms with E-state index in [0.717, 1.165) is 34.8 Å². The second kappa shape index (κ2) is 7.88. The van der Waals surface area contributed by atoms with Crippen LogP contribution in [0.25, 0.3) is 0 Å². The molecule has 4 nitrogen and oxygen atoms in total. The molecule has 0 aliphatic carbocycles. The summed E-state index contributed by atoms with van der Waals surface area (Å²) >= 11 is 0. The monoisotopic (exact) mass is 315 g/mol. The number of aryl methyl sites for hydroxylation is 1. The van der Waals surface area contributed by atoms with E-state index in [4.69, 9.17) is 19.9 Å². The van der Waals surface area contributed by atoms with Crippen molar-refractivity contribution in [3.05, 3.63) is 53.1 Å². The highest BCUT2D eigenvalue weighted by Gasteiger charge is 2.15. The van der Waals surface area contributed by atoms with Gasteiger partial charge in [0.25, 0.3) is 0 Å². The lowest BCUT2D eigenvalue weighted by atomic mass is 9.90. The van der Waals surface area contributed by atoms with Crippen LogP contribution in [0.2, 0.25) is 0 Å². The lowest BCUT2D eigenvalue weighted by Crippen LogP contribution is -2.15. The van der Waals surface area contributed by atoms with Crippen molar-refractivity contribution in [1.29, 1.82) is 0 Å². The van der Waals surface area contributed by atoms with Gasteiger partial charge in [0.2, 0.25) is 0 Å². The number of nitrogens with two attached hydrogens (primary N) is 1. The largest absolute Gasteiger partial charge is 0.497 e. The third kappa shape index (κ3) is 3.96. The van der Waals surface area contributed by atoms with Gasteiger partial charge in [0.15, 0.2) is 0 Å². The van der Waals surface area contributed by atoms with E-state index in [1.54, 1.807) is 21.3 Å². The molecule has 4 heteroatoms. The Bertz CT molecular complexity index is 655. The van der Waals surface area contributed by atoms with Gasteiger partial charge in [-0.1, -0.05) is 18.2 Å². The molecule has 0 bridgehead atoms. The van der Waals surface area contributed by atoms with Crippen LogP contribution in [0.5, 0.6) is 17.2 Å². The highest BCUT2D eigenvalue weighted by Crippen LogP contribution is 2.31. The number of benzene rings is 2. The van der Waals surface area contributed by atoms with Crippen molar-refractivity contribution in [3.8, 4) is 17.2 Å². The van der Waals surface area contributed by atoms with Crippen molar-refractivity contribution in [2.75, 3.05) is 27.9 Å². The van der Waals surface area contributed by atoms with E-state index in [1.807, 2.05) is 31.2 Å². The van der Waals surface area contributed by atoms with E-state index in [9.17, 15) is 0 Å². The molecule has 0 aromatic heterocycles. The summed E-state index contributed by atoms with van der Waals surface area (Å²) in [5.41, 5.74) is 9.47. The van der Waals surface area contributed by atoms with Gasteiger partial charge in [-0.25, -0.2) is 0 Å². The van der Waals surface area contributed by atoms with Crippen LogP contribution < -0.4 is 19.9 Å². The summed E-state index contributed by atoms with van der Waals surface area (Å²) < 4.78 is 16.1. The topological polar surface area (TPSA) is 53.7 Å². The zero-order valence-corrected chi connectivity index (χ0v) is 14.3. The number of ether oxygens (including phenoxy) is 3. The highest BCUT2D eigenvalue weighted by molar-refractivity contribution is 5.43. The Morgan fingerprint density at radius 2 is 1.65 bits per heavy atom. The molecule has 0 radical (unpaired) electrons. The van der Waals surface area contributed by atoms with Gasteiger partial charge < -0.3 is 19.9 Å². The van der Waals surface area contributed by atoms with Crippen molar-refractivity contribution in [2.24, 2.45) is 5.73 Å². The third-order valence-electron chi connectivity index (χ3n) is 4.14. The van der Waals surface area contributed by atoms with Gasteiger partial charge in [0.1, 0.15) is 17.2 Å². The van der Waals surface area contributed by atoms with Crippen LogP contribution in [0.4, 0.5) is 0 Å². The summed E-state index contributed by atoms with van der Waals surface area (Å²) in [6.07, 6.45) is 0.815. The third-order valence-corrected chi connectivity index (χ3v) is 4.14. The normalized spacial score (nSPS) is 11.9. The fraction of sp³-hybridized carbons (Fsp3) is 0.368. The van der Waals surface area contributed by atoms with E-state index < -0.39 is 0 Å². The van der Waals surface area contributed by atoms with Crippen LogP contribution in [0.1, 0.15) is 22.6 Å². The second-order valence-electron chi connectivity index (χ2n) is 5.54. The molecule has 0 fully saturated rings. The minimum absolute atomic E-state index is 0.224. The minimum atomic E-state index is 0.224. The van der Waals surface area contributed by atoms with E-state index in [-0.39, 0.29) is 5.92 Å². The van der Waals surface area contributed by atoms with Crippen LogP contribution in [0.15, 0.2) is 36.4 Å². The SMILES string of the molecule is COc1ccc(CC(CN)c2ccc(OC)c(C)c2)c(OC)c1. The molecule has 0 saturated heterocycles. The first kappa shape index (κ1) is 17.2. The van der Waals surface area contributed by atoms with Crippen LogP contribution in [0.3, 0.4) is 0 Å². The molecule has 0 aliphatic rings. The summed E-state index contributed by atoms with van der Waals surface area (Å²) in [4.78, 5) is 0. The predicted octanol–water partition coefficient (Wildman–Crippen LogP) is 3.31. The molecule has 2 N–H and O–H groups in total. The molecule has 23 heavy (non-hydrogen) atoms. The molecule has 1 unspecified atom stereocenters. The zero-order chi connectivity index (χ0) is 16.8. The average molecular weight is 315 g/mol. The van der Waals surface area contributed by atoms with Crippen molar-refractivity contribution >= 4 is 0 Å². The van der Waals surface area contributed by atoms with E-state index >= 15 is 0 Å². The van der Waals surface area contributed by atoms with E-state index in [2.05, 4.69) is 12.1 Å². The molecule has 0 heterocycles. The van der Waals surface area contributed by atoms with Crippen LogP contribution in [-0.2, 0) is 6.42 Å². The Hall–Kier alpha value is -2.20. The van der Waals surface area contributed by atoms with Gasteiger partial charge >= 0.3 is 0 Å². The summed E-state index contributed by atoms with van der Waals surface area (Å²) in [6, 6.07) is 12.1. The first-order chi connectivity index (χ1) is 11.1. The molecule has 2 rings (SSSR count). The number of methoxy groups -OCH3 is 3. The Morgan fingerprint density at radius 3 is 2.22 bits per heavy atom. The first-order valence-corrected chi connectivity index (χ1v) is 7.68. The minimum Gasteiger partial charge on any atom is -0.497 e. The maximum absolute atomic E-state index is 6.02. The number of rotatable bonds is 7. The molecule has 0 aliphatic heterocycles.